The zero-order valence-electron chi connectivity index (χ0n) is 14.7. The summed E-state index contributed by atoms with van der Waals surface area (Å²) in [6.45, 7) is 1.69. The lowest BCUT2D eigenvalue weighted by molar-refractivity contribution is -0.143. The van der Waals surface area contributed by atoms with Gasteiger partial charge in [0.25, 0.3) is 0 Å². The number of alkyl halides is 6. The van der Waals surface area contributed by atoms with Gasteiger partial charge in [0.2, 0.25) is 0 Å². The molecule has 0 spiro atoms. The van der Waals surface area contributed by atoms with Crippen LogP contribution < -0.4 is 10.6 Å². The largest absolute Gasteiger partial charge is 0.416 e. The highest BCUT2D eigenvalue weighted by Crippen LogP contribution is 2.37. The van der Waals surface area contributed by atoms with E-state index in [1.54, 1.807) is 13.0 Å². The van der Waals surface area contributed by atoms with Crippen LogP contribution in [-0.2, 0) is 12.4 Å². The molecule has 3 aromatic rings. The van der Waals surface area contributed by atoms with Crippen LogP contribution in [0.1, 0.15) is 29.9 Å². The van der Waals surface area contributed by atoms with Crippen LogP contribution in [0.5, 0.6) is 0 Å². The molecule has 29 heavy (non-hydrogen) atoms. The molecule has 3 N–H and O–H groups in total. The Morgan fingerprint density at radius 3 is 2.14 bits per heavy atom. The second kappa shape index (κ2) is 7.54. The first kappa shape index (κ1) is 20.9. The minimum atomic E-state index is -4.94. The van der Waals surface area contributed by atoms with Gasteiger partial charge in [0.1, 0.15) is 5.82 Å². The normalized spacial score (nSPS) is 13.3. The molecule has 0 saturated heterocycles. The van der Waals surface area contributed by atoms with Crippen molar-refractivity contribution < 1.29 is 26.3 Å². The van der Waals surface area contributed by atoms with E-state index in [-0.39, 0.29) is 11.2 Å². The van der Waals surface area contributed by atoms with Gasteiger partial charge >= 0.3 is 12.4 Å². The molecule has 0 aliphatic carbocycles. The molecule has 1 heterocycles. The van der Waals surface area contributed by atoms with Crippen LogP contribution in [0.4, 0.5) is 32.0 Å². The number of benzene rings is 2. The lowest BCUT2D eigenvalue weighted by atomic mass is 10.1. The predicted octanol–water partition coefficient (Wildman–Crippen LogP) is 5.65. The lowest BCUT2D eigenvalue weighted by Crippen LogP contribution is -2.31. The number of fused-ring (bicyclic) bond motifs is 1. The highest BCUT2D eigenvalue weighted by molar-refractivity contribution is 7.80. The van der Waals surface area contributed by atoms with Crippen molar-refractivity contribution in [3.05, 3.63) is 59.4 Å². The number of thiocarbonyl (C=S) groups is 1. The van der Waals surface area contributed by atoms with Crippen molar-refractivity contribution >= 4 is 34.1 Å². The van der Waals surface area contributed by atoms with Gasteiger partial charge in [-0.2, -0.15) is 26.3 Å². The number of halogens is 6. The van der Waals surface area contributed by atoms with Gasteiger partial charge in [-0.05, 0) is 49.5 Å². The van der Waals surface area contributed by atoms with Crippen molar-refractivity contribution in [2.45, 2.75) is 25.3 Å². The third-order valence-electron chi connectivity index (χ3n) is 4.01. The summed E-state index contributed by atoms with van der Waals surface area (Å²) in [7, 11) is 0. The lowest BCUT2D eigenvalue weighted by Gasteiger charge is -2.18. The number of hydrogen-bond acceptors (Lipinski definition) is 2. The van der Waals surface area contributed by atoms with Crippen molar-refractivity contribution in [2.75, 3.05) is 5.32 Å². The van der Waals surface area contributed by atoms with E-state index in [0.29, 0.717) is 23.5 Å². The van der Waals surface area contributed by atoms with Crippen LogP contribution in [0, 0.1) is 0 Å². The zero-order valence-corrected chi connectivity index (χ0v) is 15.6. The second-order valence-electron chi connectivity index (χ2n) is 6.25. The average Bonchev–Trinajstić information content (AvgIpc) is 3.04. The Morgan fingerprint density at radius 1 is 1.00 bits per heavy atom. The molecule has 11 heteroatoms. The number of aromatic amines is 1. The smallest absolute Gasteiger partial charge is 0.353 e. The SMILES string of the molecule is C[C@@H](NC(=S)Nc1cc(C(F)(F)F)cc(C(F)(F)F)c1)c1nc2ccccc2[nH]1. The van der Waals surface area contributed by atoms with Gasteiger partial charge in [-0.1, -0.05) is 12.1 Å². The Bertz CT molecular complexity index is 975. The molecule has 0 amide bonds. The Kier molecular flexibility index (Phi) is 5.44. The molecule has 3 rings (SSSR count). The van der Waals surface area contributed by atoms with Crippen LogP contribution >= 0.6 is 12.2 Å². The first-order valence-electron chi connectivity index (χ1n) is 8.25. The molecule has 154 valence electrons. The molecule has 0 fully saturated rings. The summed E-state index contributed by atoms with van der Waals surface area (Å²) in [5.41, 5.74) is -1.79. The Labute approximate surface area is 166 Å². The molecular weight excluding hydrogens is 418 g/mol. The van der Waals surface area contributed by atoms with Crippen LogP contribution in [0.15, 0.2) is 42.5 Å². The molecule has 1 aromatic heterocycles. The number of nitrogens with one attached hydrogen (secondary N) is 3. The third-order valence-corrected chi connectivity index (χ3v) is 4.23. The van der Waals surface area contributed by atoms with Gasteiger partial charge in [-0.3, -0.25) is 0 Å². The molecule has 0 aliphatic rings. The Hall–Kier alpha value is -2.82. The van der Waals surface area contributed by atoms with E-state index < -0.39 is 35.2 Å². The minimum Gasteiger partial charge on any atom is -0.353 e. The number of para-hydroxylation sites is 2. The fourth-order valence-electron chi connectivity index (χ4n) is 2.64. The maximum Gasteiger partial charge on any atom is 0.416 e. The highest BCUT2D eigenvalue weighted by Gasteiger charge is 2.37. The number of rotatable bonds is 3. The Balaban J connectivity index is 1.78. The summed E-state index contributed by atoms with van der Waals surface area (Å²) in [6, 6.07) is 7.94. The fraction of sp³-hybridized carbons (Fsp3) is 0.222. The average molecular weight is 432 g/mol. The van der Waals surface area contributed by atoms with E-state index >= 15 is 0 Å². The predicted molar refractivity (Wildman–Crippen MR) is 100 cm³/mol. The quantitative estimate of drug-likeness (QED) is 0.370. The highest BCUT2D eigenvalue weighted by atomic mass is 32.1. The first-order valence-corrected chi connectivity index (χ1v) is 8.66. The van der Waals surface area contributed by atoms with Crippen LogP contribution in [0.25, 0.3) is 11.0 Å². The van der Waals surface area contributed by atoms with E-state index in [1.807, 2.05) is 18.2 Å². The van der Waals surface area contributed by atoms with Gasteiger partial charge in [0, 0.05) is 5.69 Å². The molecule has 0 bridgehead atoms. The van der Waals surface area contributed by atoms with E-state index in [9.17, 15) is 26.3 Å². The monoisotopic (exact) mass is 432 g/mol. The van der Waals surface area contributed by atoms with Crippen molar-refractivity contribution in [3.63, 3.8) is 0 Å². The number of hydrogen-bond donors (Lipinski definition) is 3. The molecule has 0 unspecified atom stereocenters. The summed E-state index contributed by atoms with van der Waals surface area (Å²) < 4.78 is 77.7. The van der Waals surface area contributed by atoms with Crippen LogP contribution in [0.3, 0.4) is 0 Å². The minimum absolute atomic E-state index is 0.0542. The first-order chi connectivity index (χ1) is 13.4. The summed E-state index contributed by atoms with van der Waals surface area (Å²) in [5, 5.41) is 5.02. The molecule has 2 aromatic carbocycles. The van der Waals surface area contributed by atoms with E-state index in [0.717, 1.165) is 5.52 Å². The maximum absolute atomic E-state index is 13.0. The van der Waals surface area contributed by atoms with Gasteiger partial charge < -0.3 is 15.6 Å². The summed E-state index contributed by atoms with van der Waals surface area (Å²) in [5.74, 6) is 0.510. The standard InChI is InChI=1S/C18H14F6N4S/c1-9(15-27-13-4-2-3-5-14(13)28-15)25-16(29)26-12-7-10(17(19,20)21)6-11(8-12)18(22,23)24/h2-9H,1H3,(H,27,28)(H2,25,26,29)/t9-/m1/s1. The van der Waals surface area contributed by atoms with Crippen molar-refractivity contribution in [1.29, 1.82) is 0 Å². The fourth-order valence-corrected chi connectivity index (χ4v) is 2.93. The molecular formula is C18H14F6N4S. The number of aromatic nitrogens is 2. The third kappa shape index (κ3) is 4.97. The molecule has 4 nitrogen and oxygen atoms in total. The summed E-state index contributed by atoms with van der Waals surface area (Å²) >= 11 is 5.04. The van der Waals surface area contributed by atoms with E-state index in [2.05, 4.69) is 20.6 Å². The molecule has 0 radical (unpaired) electrons. The second-order valence-corrected chi connectivity index (χ2v) is 6.66. The summed E-state index contributed by atoms with van der Waals surface area (Å²) in [4.78, 5) is 7.43. The maximum atomic E-state index is 13.0. The zero-order chi connectivity index (χ0) is 21.4. The topological polar surface area (TPSA) is 52.7 Å². The number of nitrogens with zero attached hydrogens (tertiary/aromatic N) is 1. The number of imidazole rings is 1. The van der Waals surface area contributed by atoms with Gasteiger partial charge in [0.05, 0.1) is 28.2 Å². The van der Waals surface area contributed by atoms with Gasteiger partial charge in [0.15, 0.2) is 5.11 Å². The van der Waals surface area contributed by atoms with Crippen molar-refractivity contribution in [1.82, 2.24) is 15.3 Å². The van der Waals surface area contributed by atoms with Crippen molar-refractivity contribution in [3.8, 4) is 0 Å². The Morgan fingerprint density at radius 2 is 1.59 bits per heavy atom. The molecule has 1 atom stereocenters. The molecule has 0 saturated carbocycles. The molecule has 0 aliphatic heterocycles. The van der Waals surface area contributed by atoms with E-state index in [4.69, 9.17) is 12.2 Å². The van der Waals surface area contributed by atoms with Gasteiger partial charge in [-0.25, -0.2) is 4.98 Å². The van der Waals surface area contributed by atoms with Crippen LogP contribution in [-0.4, -0.2) is 15.1 Å². The van der Waals surface area contributed by atoms with Crippen LogP contribution in [0.2, 0.25) is 0 Å². The van der Waals surface area contributed by atoms with E-state index in [1.165, 1.54) is 0 Å². The number of H-pyrrole nitrogens is 1. The van der Waals surface area contributed by atoms with Gasteiger partial charge in [-0.15, -0.1) is 0 Å². The van der Waals surface area contributed by atoms with Crippen molar-refractivity contribution in [2.24, 2.45) is 0 Å². The number of anilines is 1. The summed E-state index contributed by atoms with van der Waals surface area (Å²) in [6.07, 6.45) is -9.87.